The Kier molecular flexibility index (Phi) is 6.37. The number of nitrogens with zero attached hydrogens (tertiary/aromatic N) is 2. The van der Waals surface area contributed by atoms with Crippen LogP contribution in [0.5, 0.6) is 0 Å². The van der Waals surface area contributed by atoms with Gasteiger partial charge in [0, 0.05) is 21.3 Å². The standard InChI is InChI=1S/C15H17Br2N3OS/c16-6-10(17)9-22-14-12(8-19)15(4-2-1-3-5-15)11(7-18)13(21)20-14/h10-11H,1-6,9H2,(H,20,21)/t10-,11+/m1/s1. The van der Waals surface area contributed by atoms with Gasteiger partial charge in [0.05, 0.1) is 22.7 Å². The number of hydrogen-bond donors (Lipinski definition) is 1. The molecule has 0 aromatic carbocycles. The lowest BCUT2D eigenvalue weighted by molar-refractivity contribution is -0.126. The summed E-state index contributed by atoms with van der Waals surface area (Å²) in [6, 6.07) is 4.46. The second-order valence-corrected chi connectivity index (χ2v) is 8.62. The number of carbonyl (C=O) groups is 1. The van der Waals surface area contributed by atoms with Crippen LogP contribution in [0.2, 0.25) is 0 Å². The van der Waals surface area contributed by atoms with Crippen molar-refractivity contribution in [3.63, 3.8) is 0 Å². The first-order chi connectivity index (χ1) is 10.6. The number of allylic oxidation sites excluding steroid dienone is 1. The summed E-state index contributed by atoms with van der Waals surface area (Å²) in [5.41, 5.74) is 0.0282. The van der Waals surface area contributed by atoms with E-state index < -0.39 is 11.3 Å². The Labute approximate surface area is 152 Å². The molecule has 22 heavy (non-hydrogen) atoms. The van der Waals surface area contributed by atoms with Gasteiger partial charge in [0.2, 0.25) is 5.91 Å². The van der Waals surface area contributed by atoms with Crippen LogP contribution in [0.1, 0.15) is 32.1 Å². The van der Waals surface area contributed by atoms with Crippen molar-refractivity contribution in [3.8, 4) is 12.1 Å². The minimum atomic E-state index is -0.747. The second kappa shape index (κ2) is 7.86. The van der Waals surface area contributed by atoms with Crippen LogP contribution < -0.4 is 5.32 Å². The molecule has 1 fully saturated rings. The van der Waals surface area contributed by atoms with E-state index in [1.54, 1.807) is 0 Å². The highest BCUT2D eigenvalue weighted by Crippen LogP contribution is 2.52. The summed E-state index contributed by atoms with van der Waals surface area (Å²) in [6.45, 7) is 0. The lowest BCUT2D eigenvalue weighted by Gasteiger charge is -2.43. The summed E-state index contributed by atoms with van der Waals surface area (Å²) < 4.78 is 0. The van der Waals surface area contributed by atoms with Gasteiger partial charge in [0.1, 0.15) is 5.92 Å². The number of thioether (sulfide) groups is 1. The van der Waals surface area contributed by atoms with E-state index in [2.05, 4.69) is 49.3 Å². The van der Waals surface area contributed by atoms with Crippen LogP contribution in [-0.4, -0.2) is 21.8 Å². The maximum absolute atomic E-state index is 12.4. The fourth-order valence-electron chi connectivity index (χ4n) is 3.26. The van der Waals surface area contributed by atoms with Crippen LogP contribution in [0.25, 0.3) is 0 Å². The molecule has 1 aliphatic carbocycles. The first kappa shape index (κ1) is 17.8. The summed E-state index contributed by atoms with van der Waals surface area (Å²) in [5.74, 6) is -0.252. The van der Waals surface area contributed by atoms with Crippen LogP contribution in [-0.2, 0) is 4.79 Å². The van der Waals surface area contributed by atoms with Gasteiger partial charge in [-0.2, -0.15) is 10.5 Å². The normalized spacial score (nSPS) is 25.3. The van der Waals surface area contributed by atoms with Crippen LogP contribution in [0, 0.1) is 34.0 Å². The van der Waals surface area contributed by atoms with E-state index in [1.165, 1.54) is 11.8 Å². The molecule has 0 bridgehead atoms. The molecule has 1 saturated carbocycles. The van der Waals surface area contributed by atoms with E-state index in [0.29, 0.717) is 10.6 Å². The zero-order valence-electron chi connectivity index (χ0n) is 12.1. The van der Waals surface area contributed by atoms with Crippen molar-refractivity contribution in [2.45, 2.75) is 36.9 Å². The number of halogens is 2. The van der Waals surface area contributed by atoms with E-state index in [0.717, 1.165) is 43.2 Å². The highest BCUT2D eigenvalue weighted by atomic mass is 79.9. The molecule has 118 valence electrons. The summed E-state index contributed by atoms with van der Waals surface area (Å²) in [5, 5.41) is 23.4. The fraction of sp³-hybridized carbons (Fsp3) is 0.667. The summed E-state index contributed by atoms with van der Waals surface area (Å²) in [7, 11) is 0. The van der Waals surface area contributed by atoms with Crippen LogP contribution in [0.15, 0.2) is 10.6 Å². The molecule has 7 heteroatoms. The zero-order chi connectivity index (χ0) is 16.2. The maximum Gasteiger partial charge on any atom is 0.243 e. The number of rotatable bonds is 4. The molecule has 1 amide bonds. The number of nitriles is 2. The lowest BCUT2D eigenvalue weighted by Crippen LogP contribution is -2.48. The predicted molar refractivity (Wildman–Crippen MR) is 94.4 cm³/mol. The van der Waals surface area contributed by atoms with Gasteiger partial charge in [0.15, 0.2) is 0 Å². The number of carbonyl (C=O) groups excluding carboxylic acids is 1. The van der Waals surface area contributed by atoms with Gasteiger partial charge < -0.3 is 5.32 Å². The third kappa shape index (κ3) is 3.37. The summed E-state index contributed by atoms with van der Waals surface area (Å²) >= 11 is 8.42. The Morgan fingerprint density at radius 1 is 1.36 bits per heavy atom. The number of hydrogen-bond acceptors (Lipinski definition) is 4. The molecule has 0 saturated heterocycles. The fourth-order valence-corrected chi connectivity index (χ4v) is 5.22. The Bertz CT molecular complexity index is 558. The van der Waals surface area contributed by atoms with Crippen molar-refractivity contribution in [3.05, 3.63) is 10.6 Å². The van der Waals surface area contributed by atoms with E-state index in [-0.39, 0.29) is 10.7 Å². The van der Waals surface area contributed by atoms with Gasteiger partial charge in [0.25, 0.3) is 0 Å². The maximum atomic E-state index is 12.4. The van der Waals surface area contributed by atoms with Gasteiger partial charge in [-0.25, -0.2) is 0 Å². The van der Waals surface area contributed by atoms with E-state index in [1.807, 2.05) is 0 Å². The van der Waals surface area contributed by atoms with Crippen molar-refractivity contribution in [1.29, 1.82) is 10.5 Å². The summed E-state index contributed by atoms with van der Waals surface area (Å²) in [4.78, 5) is 12.6. The van der Waals surface area contributed by atoms with Gasteiger partial charge in [-0.3, -0.25) is 4.79 Å². The van der Waals surface area contributed by atoms with Crippen molar-refractivity contribution in [1.82, 2.24) is 5.32 Å². The molecule has 2 atom stereocenters. The molecular weight excluding hydrogens is 430 g/mol. The van der Waals surface area contributed by atoms with Crippen LogP contribution in [0.4, 0.5) is 0 Å². The number of amides is 1. The third-order valence-electron chi connectivity index (χ3n) is 4.34. The first-order valence-corrected chi connectivity index (χ1v) is 10.3. The molecule has 0 unspecified atom stereocenters. The third-order valence-corrected chi connectivity index (χ3v) is 8.23. The first-order valence-electron chi connectivity index (χ1n) is 7.27. The quantitative estimate of drug-likeness (QED) is 0.665. The van der Waals surface area contributed by atoms with E-state index in [9.17, 15) is 15.3 Å². The topological polar surface area (TPSA) is 76.7 Å². The Hall–Kier alpha value is -0.500. The predicted octanol–water partition coefficient (Wildman–Crippen LogP) is 3.83. The van der Waals surface area contributed by atoms with Gasteiger partial charge in [-0.1, -0.05) is 51.1 Å². The number of nitrogens with one attached hydrogen (secondary N) is 1. The monoisotopic (exact) mass is 445 g/mol. The molecule has 4 nitrogen and oxygen atoms in total. The Morgan fingerprint density at radius 3 is 2.59 bits per heavy atom. The van der Waals surface area contributed by atoms with E-state index in [4.69, 9.17) is 0 Å². The minimum absolute atomic E-state index is 0.254. The van der Waals surface area contributed by atoms with E-state index >= 15 is 0 Å². The molecule has 1 aliphatic heterocycles. The largest absolute Gasteiger partial charge is 0.319 e. The Morgan fingerprint density at radius 2 is 2.05 bits per heavy atom. The molecule has 2 rings (SSSR count). The molecule has 0 aromatic rings. The van der Waals surface area contributed by atoms with Gasteiger partial charge in [-0.15, -0.1) is 11.8 Å². The highest BCUT2D eigenvalue weighted by Gasteiger charge is 2.51. The average molecular weight is 447 g/mol. The number of alkyl halides is 2. The van der Waals surface area contributed by atoms with Crippen molar-refractivity contribution in [2.75, 3.05) is 11.1 Å². The molecular formula is C15H17Br2N3OS. The molecule has 0 radical (unpaired) electrons. The molecule has 1 spiro atoms. The summed E-state index contributed by atoms with van der Waals surface area (Å²) in [6.07, 6.45) is 4.55. The molecule has 0 aromatic heterocycles. The molecule has 1 heterocycles. The van der Waals surface area contributed by atoms with Gasteiger partial charge >= 0.3 is 0 Å². The lowest BCUT2D eigenvalue weighted by atomic mass is 9.61. The molecule has 1 N–H and O–H groups in total. The average Bonchev–Trinajstić information content (AvgIpc) is 2.53. The van der Waals surface area contributed by atoms with Crippen molar-refractivity contribution >= 4 is 49.5 Å². The smallest absolute Gasteiger partial charge is 0.243 e. The SMILES string of the molecule is N#CC1=C(SC[C@H](Br)CBr)NC(=O)[C@H](C#N)C12CCCCC2. The molecule has 2 aliphatic rings. The van der Waals surface area contributed by atoms with Crippen molar-refractivity contribution in [2.24, 2.45) is 11.3 Å². The van der Waals surface area contributed by atoms with Gasteiger partial charge in [-0.05, 0) is 12.8 Å². The van der Waals surface area contributed by atoms with Crippen LogP contribution in [0.3, 0.4) is 0 Å². The zero-order valence-corrected chi connectivity index (χ0v) is 16.1. The Balaban J connectivity index is 2.39. The highest BCUT2D eigenvalue weighted by molar-refractivity contribution is 9.12. The second-order valence-electron chi connectivity index (χ2n) is 5.65. The van der Waals surface area contributed by atoms with Crippen molar-refractivity contribution < 1.29 is 4.79 Å². The van der Waals surface area contributed by atoms with Crippen LogP contribution >= 0.6 is 43.6 Å². The minimum Gasteiger partial charge on any atom is -0.319 e.